The molecule has 2 aliphatic rings. The topological polar surface area (TPSA) is 48.0 Å². The molecule has 0 N–H and O–H groups in total. The van der Waals surface area contributed by atoms with E-state index in [-0.39, 0.29) is 12.0 Å². The first kappa shape index (κ1) is 18.0. The van der Waals surface area contributed by atoms with E-state index in [9.17, 15) is 4.79 Å². The third kappa shape index (κ3) is 3.01. The average Bonchev–Trinajstić information content (AvgIpc) is 3.18. The van der Waals surface area contributed by atoms with Crippen molar-refractivity contribution in [2.24, 2.45) is 0 Å². The van der Waals surface area contributed by atoms with Crippen molar-refractivity contribution in [1.82, 2.24) is 0 Å². The van der Waals surface area contributed by atoms with E-state index in [0.29, 0.717) is 19.8 Å². The molecule has 5 heteroatoms. The van der Waals surface area contributed by atoms with Gasteiger partial charge in [0.05, 0.1) is 31.5 Å². The van der Waals surface area contributed by atoms with Crippen molar-refractivity contribution in [3.63, 3.8) is 0 Å². The number of rotatable bonds is 4. The molecule has 4 rings (SSSR count). The SMILES string of the molecule is Cc1cc(C)c2c(c1)C1(OCCO1)C(=O)N2Cc1ccc(OC(C)C)cc1. The first-order valence-corrected chi connectivity index (χ1v) is 9.38. The highest BCUT2D eigenvalue weighted by molar-refractivity contribution is 6.07. The molecule has 0 unspecified atom stereocenters. The third-order valence-corrected chi connectivity index (χ3v) is 4.93. The van der Waals surface area contributed by atoms with Crippen LogP contribution >= 0.6 is 0 Å². The molecule has 0 aromatic heterocycles. The van der Waals surface area contributed by atoms with E-state index in [1.807, 2.05) is 58.0 Å². The summed E-state index contributed by atoms with van der Waals surface area (Å²) in [6, 6.07) is 12.0. The van der Waals surface area contributed by atoms with Crippen LogP contribution in [0.4, 0.5) is 5.69 Å². The molecule has 2 aromatic carbocycles. The normalized spacial score (nSPS) is 17.8. The molecule has 2 aliphatic heterocycles. The predicted octanol–water partition coefficient (Wildman–Crippen LogP) is 3.84. The smallest absolute Gasteiger partial charge is 0.292 e. The Labute approximate surface area is 159 Å². The molecule has 1 amide bonds. The Morgan fingerprint density at radius 1 is 1.11 bits per heavy atom. The maximum absolute atomic E-state index is 13.3. The summed E-state index contributed by atoms with van der Waals surface area (Å²) in [5.74, 6) is -0.605. The van der Waals surface area contributed by atoms with E-state index < -0.39 is 5.79 Å². The first-order valence-electron chi connectivity index (χ1n) is 9.38. The van der Waals surface area contributed by atoms with Gasteiger partial charge in [-0.3, -0.25) is 4.79 Å². The van der Waals surface area contributed by atoms with Gasteiger partial charge in [0.2, 0.25) is 0 Å². The van der Waals surface area contributed by atoms with Gasteiger partial charge in [0, 0.05) is 5.56 Å². The van der Waals surface area contributed by atoms with Crippen LogP contribution in [0, 0.1) is 13.8 Å². The van der Waals surface area contributed by atoms with Gasteiger partial charge >= 0.3 is 0 Å². The van der Waals surface area contributed by atoms with Crippen LogP contribution in [-0.2, 0) is 26.6 Å². The van der Waals surface area contributed by atoms with Gasteiger partial charge in [0.1, 0.15) is 5.75 Å². The Bertz CT molecular complexity index is 867. The van der Waals surface area contributed by atoms with Crippen molar-refractivity contribution in [1.29, 1.82) is 0 Å². The van der Waals surface area contributed by atoms with Gasteiger partial charge in [-0.2, -0.15) is 0 Å². The number of amides is 1. The van der Waals surface area contributed by atoms with Crippen LogP contribution in [0.5, 0.6) is 5.75 Å². The fourth-order valence-corrected chi connectivity index (χ4v) is 3.93. The number of hydrogen-bond acceptors (Lipinski definition) is 4. The molecule has 1 spiro atoms. The molecule has 2 heterocycles. The van der Waals surface area contributed by atoms with Gasteiger partial charge in [-0.25, -0.2) is 0 Å². The van der Waals surface area contributed by atoms with Crippen molar-refractivity contribution in [3.05, 3.63) is 58.7 Å². The van der Waals surface area contributed by atoms with Crippen LogP contribution in [0.3, 0.4) is 0 Å². The number of anilines is 1. The van der Waals surface area contributed by atoms with Crippen molar-refractivity contribution in [2.75, 3.05) is 18.1 Å². The Kier molecular flexibility index (Phi) is 4.44. The zero-order chi connectivity index (χ0) is 19.2. The van der Waals surface area contributed by atoms with Gasteiger partial charge < -0.3 is 19.1 Å². The highest BCUT2D eigenvalue weighted by atomic mass is 16.7. The van der Waals surface area contributed by atoms with Crippen LogP contribution in [0.15, 0.2) is 36.4 Å². The van der Waals surface area contributed by atoms with E-state index >= 15 is 0 Å². The minimum Gasteiger partial charge on any atom is -0.491 e. The zero-order valence-electron chi connectivity index (χ0n) is 16.2. The van der Waals surface area contributed by atoms with E-state index in [2.05, 4.69) is 6.07 Å². The lowest BCUT2D eigenvalue weighted by molar-refractivity contribution is -0.180. The second kappa shape index (κ2) is 6.66. The molecule has 5 nitrogen and oxygen atoms in total. The lowest BCUT2D eigenvalue weighted by atomic mass is 10.0. The third-order valence-electron chi connectivity index (χ3n) is 4.93. The molecule has 142 valence electrons. The summed E-state index contributed by atoms with van der Waals surface area (Å²) in [4.78, 5) is 15.1. The highest BCUT2D eigenvalue weighted by Crippen LogP contribution is 2.48. The molecular formula is C22H25NO4. The van der Waals surface area contributed by atoms with Crippen LogP contribution in [0.25, 0.3) is 0 Å². The Balaban J connectivity index is 1.69. The second-order valence-corrected chi connectivity index (χ2v) is 7.49. The van der Waals surface area contributed by atoms with Crippen molar-refractivity contribution in [2.45, 2.75) is 46.1 Å². The summed E-state index contributed by atoms with van der Waals surface area (Å²) < 4.78 is 17.4. The average molecular weight is 367 g/mol. The number of carbonyl (C=O) groups is 1. The van der Waals surface area contributed by atoms with Crippen LogP contribution in [-0.4, -0.2) is 25.2 Å². The summed E-state index contributed by atoms with van der Waals surface area (Å²) in [5, 5.41) is 0. The van der Waals surface area contributed by atoms with E-state index in [1.165, 1.54) is 0 Å². The summed E-state index contributed by atoms with van der Waals surface area (Å²) in [5.41, 5.74) is 4.89. The molecule has 0 radical (unpaired) electrons. The summed E-state index contributed by atoms with van der Waals surface area (Å²) >= 11 is 0. The van der Waals surface area contributed by atoms with Gasteiger partial charge in [-0.15, -0.1) is 0 Å². The lowest BCUT2D eigenvalue weighted by Gasteiger charge is -2.22. The second-order valence-electron chi connectivity index (χ2n) is 7.49. The fourth-order valence-electron chi connectivity index (χ4n) is 3.93. The number of hydrogen-bond donors (Lipinski definition) is 0. The number of benzene rings is 2. The molecule has 2 aromatic rings. The van der Waals surface area contributed by atoms with E-state index in [1.54, 1.807) is 4.90 Å². The molecule has 0 saturated carbocycles. The van der Waals surface area contributed by atoms with E-state index in [0.717, 1.165) is 33.7 Å². The molecule has 1 fully saturated rings. The number of fused-ring (bicyclic) bond motifs is 2. The lowest BCUT2D eigenvalue weighted by Crippen LogP contribution is -2.41. The predicted molar refractivity (Wildman–Crippen MR) is 103 cm³/mol. The first-order chi connectivity index (χ1) is 12.9. The van der Waals surface area contributed by atoms with Gasteiger partial charge in [-0.05, 0) is 57.0 Å². The number of aryl methyl sites for hydroxylation is 2. The molecular weight excluding hydrogens is 342 g/mol. The Hall–Kier alpha value is -2.37. The van der Waals surface area contributed by atoms with Gasteiger partial charge in [-0.1, -0.05) is 23.8 Å². The van der Waals surface area contributed by atoms with Crippen LogP contribution in [0.2, 0.25) is 0 Å². The van der Waals surface area contributed by atoms with Gasteiger partial charge in [0.25, 0.3) is 11.7 Å². The number of ether oxygens (including phenoxy) is 3. The van der Waals surface area contributed by atoms with Crippen molar-refractivity contribution in [3.8, 4) is 5.75 Å². The summed E-state index contributed by atoms with van der Waals surface area (Å²) in [6.45, 7) is 9.36. The molecule has 0 atom stereocenters. The fraction of sp³-hybridized carbons (Fsp3) is 0.409. The van der Waals surface area contributed by atoms with Gasteiger partial charge in [0.15, 0.2) is 0 Å². The summed E-state index contributed by atoms with van der Waals surface area (Å²) in [6.07, 6.45) is 0.130. The zero-order valence-corrected chi connectivity index (χ0v) is 16.2. The number of carbonyl (C=O) groups excluding carboxylic acids is 1. The van der Waals surface area contributed by atoms with Crippen LogP contribution in [0.1, 0.15) is 36.1 Å². The maximum Gasteiger partial charge on any atom is 0.292 e. The van der Waals surface area contributed by atoms with Crippen molar-refractivity contribution >= 4 is 11.6 Å². The van der Waals surface area contributed by atoms with Crippen LogP contribution < -0.4 is 9.64 Å². The summed E-state index contributed by atoms with van der Waals surface area (Å²) in [7, 11) is 0. The quantitative estimate of drug-likeness (QED) is 0.824. The minimum atomic E-state index is -1.28. The maximum atomic E-state index is 13.3. The van der Waals surface area contributed by atoms with E-state index in [4.69, 9.17) is 14.2 Å². The number of nitrogens with zero attached hydrogens (tertiary/aromatic N) is 1. The standard InChI is InChI=1S/C22H25NO4/c1-14(2)27-18-7-5-17(6-8-18)13-23-20-16(4)11-15(3)12-19(20)22(21(23)24)25-9-10-26-22/h5-8,11-12,14H,9-10,13H2,1-4H3. The molecule has 0 bridgehead atoms. The Morgan fingerprint density at radius 3 is 2.41 bits per heavy atom. The monoisotopic (exact) mass is 367 g/mol. The minimum absolute atomic E-state index is 0.130. The highest BCUT2D eigenvalue weighted by Gasteiger charge is 2.56. The molecule has 0 aliphatic carbocycles. The largest absolute Gasteiger partial charge is 0.491 e. The Morgan fingerprint density at radius 2 is 1.78 bits per heavy atom. The molecule has 27 heavy (non-hydrogen) atoms. The molecule has 1 saturated heterocycles. The van der Waals surface area contributed by atoms with Crippen molar-refractivity contribution < 1.29 is 19.0 Å².